The van der Waals surface area contributed by atoms with Crippen molar-refractivity contribution in [2.45, 2.75) is 6.42 Å². The molecule has 0 unspecified atom stereocenters. The molecule has 0 bridgehead atoms. The van der Waals surface area contributed by atoms with Crippen LogP contribution in [0, 0.1) is 13.3 Å². The minimum absolute atomic E-state index is 1.09. The number of hydrogen-bond acceptors (Lipinski definition) is 1. The second-order valence-electron chi connectivity index (χ2n) is 1.88. The highest BCUT2D eigenvalue weighted by atomic mass is 15.0. The summed E-state index contributed by atoms with van der Waals surface area (Å²) < 4.78 is 0. The van der Waals surface area contributed by atoms with Crippen molar-refractivity contribution < 1.29 is 0 Å². The highest BCUT2D eigenvalue weighted by Crippen LogP contribution is 1.84. The van der Waals surface area contributed by atoms with Gasteiger partial charge in [0.2, 0.25) is 0 Å². The molecule has 7 heavy (non-hydrogen) atoms. The van der Waals surface area contributed by atoms with Gasteiger partial charge in [0.25, 0.3) is 0 Å². The molecule has 2 radical (unpaired) electrons. The van der Waals surface area contributed by atoms with Gasteiger partial charge in [-0.3, -0.25) is 0 Å². The molecule has 0 aromatic carbocycles. The fourth-order valence-electron chi connectivity index (χ4n) is 0.349. The third-order valence-electron chi connectivity index (χ3n) is 0.780. The summed E-state index contributed by atoms with van der Waals surface area (Å²) >= 11 is 0. The van der Waals surface area contributed by atoms with Crippen molar-refractivity contribution in [3.05, 3.63) is 13.3 Å². The fourth-order valence-corrected chi connectivity index (χ4v) is 0.349. The molecule has 0 aromatic rings. The molecule has 1 nitrogen and oxygen atoms in total. The molecule has 0 atom stereocenters. The van der Waals surface area contributed by atoms with Crippen molar-refractivity contribution in [1.82, 2.24) is 4.90 Å². The predicted molar refractivity (Wildman–Crippen MR) is 32.8 cm³/mol. The molecular formula is C6H13N. The lowest BCUT2D eigenvalue weighted by molar-refractivity contribution is 0.413. The Morgan fingerprint density at radius 3 is 2.29 bits per heavy atom. The van der Waals surface area contributed by atoms with Crippen LogP contribution in [-0.4, -0.2) is 25.5 Å². The van der Waals surface area contributed by atoms with Crippen LogP contribution in [0.15, 0.2) is 0 Å². The predicted octanol–water partition coefficient (Wildman–Crippen LogP) is 0.976. The Bertz CT molecular complexity index is 33.2. The van der Waals surface area contributed by atoms with Crippen LogP contribution in [0.4, 0.5) is 0 Å². The molecule has 0 saturated carbocycles. The first kappa shape index (κ1) is 6.96. The van der Waals surface area contributed by atoms with Crippen molar-refractivity contribution in [3.63, 3.8) is 0 Å². The van der Waals surface area contributed by atoms with E-state index in [1.165, 1.54) is 0 Å². The zero-order chi connectivity index (χ0) is 5.70. The smallest absolute Gasteiger partial charge is 0.00221 e. The average Bonchev–Trinajstić information content (AvgIpc) is 1.61. The maximum absolute atomic E-state index is 3.61. The lowest BCUT2D eigenvalue weighted by Crippen LogP contribution is -2.12. The number of rotatable bonds is 3. The minimum atomic E-state index is 1.09. The van der Waals surface area contributed by atoms with E-state index in [0.717, 1.165) is 13.0 Å². The van der Waals surface area contributed by atoms with Crippen molar-refractivity contribution in [3.8, 4) is 0 Å². The van der Waals surface area contributed by atoms with Crippen LogP contribution < -0.4 is 0 Å². The van der Waals surface area contributed by atoms with Crippen molar-refractivity contribution in [2.24, 2.45) is 0 Å². The molecule has 0 rings (SSSR count). The second kappa shape index (κ2) is 4.13. The fraction of sp³-hybridized carbons (Fsp3) is 0.667. The summed E-state index contributed by atoms with van der Waals surface area (Å²) in [5, 5.41) is 0. The SMILES string of the molecule is [CH2][CH]CCN(C)C. The standard InChI is InChI=1S/C6H13N/c1-4-5-6-7(2)3/h4H,1,5-6H2,2-3H3. The van der Waals surface area contributed by atoms with Gasteiger partial charge in [0, 0.05) is 0 Å². The van der Waals surface area contributed by atoms with Crippen LogP contribution in [0.3, 0.4) is 0 Å². The van der Waals surface area contributed by atoms with Gasteiger partial charge in [-0.15, -0.1) is 0 Å². The normalized spacial score (nSPS) is 10.3. The van der Waals surface area contributed by atoms with E-state index in [2.05, 4.69) is 25.9 Å². The van der Waals surface area contributed by atoms with Gasteiger partial charge in [0.1, 0.15) is 0 Å². The molecule has 0 aliphatic rings. The lowest BCUT2D eigenvalue weighted by atomic mass is 10.3. The van der Waals surface area contributed by atoms with Gasteiger partial charge in [-0.05, 0) is 40.4 Å². The number of nitrogens with zero attached hydrogens (tertiary/aromatic N) is 1. The summed E-state index contributed by atoms with van der Waals surface area (Å²) in [7, 11) is 4.12. The lowest BCUT2D eigenvalue weighted by Gasteiger charge is -2.05. The van der Waals surface area contributed by atoms with E-state index in [0.29, 0.717) is 0 Å². The Hall–Kier alpha value is -0.0400. The first-order valence-electron chi connectivity index (χ1n) is 2.53. The Balaban J connectivity index is 2.68. The van der Waals surface area contributed by atoms with Crippen LogP contribution in [0.25, 0.3) is 0 Å². The molecule has 0 fully saturated rings. The maximum Gasteiger partial charge on any atom is -0.00221 e. The van der Waals surface area contributed by atoms with Crippen LogP contribution in [0.1, 0.15) is 6.42 Å². The number of hydrogen-bond donors (Lipinski definition) is 0. The summed E-state index contributed by atoms with van der Waals surface area (Å²) in [6.07, 6.45) is 3.02. The molecule has 42 valence electrons. The minimum Gasteiger partial charge on any atom is -0.309 e. The molecule has 0 amide bonds. The highest BCUT2D eigenvalue weighted by molar-refractivity contribution is 4.66. The summed E-state index contributed by atoms with van der Waals surface area (Å²) in [6.45, 7) is 4.72. The van der Waals surface area contributed by atoms with Gasteiger partial charge in [-0.25, -0.2) is 0 Å². The van der Waals surface area contributed by atoms with Crippen LogP contribution in [-0.2, 0) is 0 Å². The van der Waals surface area contributed by atoms with E-state index in [1.807, 2.05) is 6.42 Å². The Labute approximate surface area is 46.3 Å². The Morgan fingerprint density at radius 2 is 2.14 bits per heavy atom. The zero-order valence-electron chi connectivity index (χ0n) is 5.15. The van der Waals surface area contributed by atoms with E-state index in [-0.39, 0.29) is 0 Å². The maximum atomic E-state index is 3.61. The Kier molecular flexibility index (Phi) is 4.10. The monoisotopic (exact) mass is 99.1 g/mol. The third kappa shape index (κ3) is 5.96. The van der Waals surface area contributed by atoms with Crippen molar-refractivity contribution in [1.29, 1.82) is 0 Å². The van der Waals surface area contributed by atoms with Gasteiger partial charge < -0.3 is 4.90 Å². The highest BCUT2D eigenvalue weighted by Gasteiger charge is 1.84. The van der Waals surface area contributed by atoms with E-state index in [4.69, 9.17) is 0 Å². The molecule has 0 aliphatic carbocycles. The molecule has 0 saturated heterocycles. The molecule has 0 heterocycles. The molecule has 0 aromatic heterocycles. The first-order chi connectivity index (χ1) is 3.27. The summed E-state index contributed by atoms with van der Waals surface area (Å²) in [5.74, 6) is 0. The Morgan fingerprint density at radius 1 is 1.57 bits per heavy atom. The molecule has 0 N–H and O–H groups in total. The summed E-state index contributed by atoms with van der Waals surface area (Å²) in [5.41, 5.74) is 0. The van der Waals surface area contributed by atoms with Crippen LogP contribution in [0.5, 0.6) is 0 Å². The van der Waals surface area contributed by atoms with Crippen LogP contribution in [0.2, 0.25) is 0 Å². The van der Waals surface area contributed by atoms with Crippen molar-refractivity contribution in [2.75, 3.05) is 20.6 Å². The number of unbranched alkanes of at least 4 members (excludes halogenated alkanes) is 1. The van der Waals surface area contributed by atoms with E-state index in [1.54, 1.807) is 0 Å². The van der Waals surface area contributed by atoms with E-state index >= 15 is 0 Å². The first-order valence-corrected chi connectivity index (χ1v) is 2.53. The topological polar surface area (TPSA) is 3.24 Å². The quantitative estimate of drug-likeness (QED) is 0.509. The average molecular weight is 99.2 g/mol. The van der Waals surface area contributed by atoms with Crippen molar-refractivity contribution >= 4 is 0 Å². The van der Waals surface area contributed by atoms with Gasteiger partial charge in [0.05, 0.1) is 0 Å². The molecule has 1 heteroatoms. The molecule has 0 spiro atoms. The van der Waals surface area contributed by atoms with Gasteiger partial charge in [-0.2, -0.15) is 0 Å². The van der Waals surface area contributed by atoms with E-state index in [9.17, 15) is 0 Å². The van der Waals surface area contributed by atoms with Gasteiger partial charge in [0.15, 0.2) is 0 Å². The molecule has 0 aliphatic heterocycles. The second-order valence-corrected chi connectivity index (χ2v) is 1.88. The van der Waals surface area contributed by atoms with Gasteiger partial charge in [-0.1, -0.05) is 0 Å². The zero-order valence-corrected chi connectivity index (χ0v) is 5.15. The van der Waals surface area contributed by atoms with Gasteiger partial charge >= 0.3 is 0 Å². The van der Waals surface area contributed by atoms with Crippen LogP contribution >= 0.6 is 0 Å². The molecular weight excluding hydrogens is 86.1 g/mol. The third-order valence-corrected chi connectivity index (χ3v) is 0.780. The largest absolute Gasteiger partial charge is 0.309 e. The van der Waals surface area contributed by atoms with E-state index < -0.39 is 0 Å². The summed E-state index contributed by atoms with van der Waals surface area (Å²) in [6, 6.07) is 0. The summed E-state index contributed by atoms with van der Waals surface area (Å²) in [4.78, 5) is 2.14.